The molecule has 1 aliphatic carbocycles. The molecule has 13 heavy (non-hydrogen) atoms. The second-order valence-corrected chi connectivity index (χ2v) is 2.73. The molecule has 0 unspecified atom stereocenters. The van der Waals surface area contributed by atoms with Crippen LogP contribution in [0, 0.1) is 13.3 Å². The van der Waals surface area contributed by atoms with Crippen LogP contribution in [-0.2, 0) is 69.6 Å². The fourth-order valence-electron chi connectivity index (χ4n) is 1.52. The van der Waals surface area contributed by atoms with Crippen LogP contribution >= 0.6 is 0 Å². The fraction of sp³-hybridized carbons (Fsp3) is 0.200. The zero-order valence-corrected chi connectivity index (χ0v) is 16.0. The van der Waals surface area contributed by atoms with Crippen LogP contribution in [0.1, 0.15) is 23.1 Å². The summed E-state index contributed by atoms with van der Waals surface area (Å²) in [6.07, 6.45) is 4.68. The third kappa shape index (κ3) is 3.58. The Kier molecular flexibility index (Phi) is 9.28. The maximum absolute atomic E-state index is 3.96. The maximum Gasteiger partial charge on any atom is 2.00 e. The van der Waals surface area contributed by atoms with E-state index in [1.807, 2.05) is 0 Å². The van der Waals surface area contributed by atoms with Crippen LogP contribution in [0.15, 0.2) is 18.2 Å². The van der Waals surface area contributed by atoms with E-state index < -0.39 is 0 Å². The van der Waals surface area contributed by atoms with Gasteiger partial charge in [-0.05, 0) is 0 Å². The number of aryl methyl sites for hydroxylation is 1. The van der Waals surface area contributed by atoms with Gasteiger partial charge in [0.15, 0.2) is 0 Å². The molecule has 0 fully saturated rings. The van der Waals surface area contributed by atoms with Crippen LogP contribution in [0.5, 0.6) is 0 Å². The quantitative estimate of drug-likeness (QED) is 0.370. The molecule has 0 N–H and O–H groups in total. The Labute approximate surface area is 123 Å². The average Bonchev–Trinajstić information content (AvgIpc) is 2.36. The smallest absolute Gasteiger partial charge is 0.299 e. The van der Waals surface area contributed by atoms with Crippen molar-refractivity contribution in [3.05, 3.63) is 48.2 Å². The molecule has 0 bridgehead atoms. The molecule has 0 saturated carbocycles. The number of hydrogen-bond acceptors (Lipinski definition) is 0. The predicted octanol–water partition coefficient (Wildman–Crippen LogP) is 2.36. The van der Waals surface area contributed by atoms with Crippen LogP contribution in [0.2, 0.25) is 0 Å². The normalized spacial score (nSPS) is 11.1. The molecule has 0 nitrogen and oxygen atoms in total. The van der Waals surface area contributed by atoms with E-state index in [1.54, 1.807) is 0 Å². The first-order valence-electron chi connectivity index (χ1n) is 3.65. The first-order chi connectivity index (χ1) is 4.88. The second-order valence-electron chi connectivity index (χ2n) is 2.73. The molecule has 0 aliphatic heterocycles. The standard InChI is InChI=1S/C10H10.3W/c1-8-4-2-5-9-6-3-7-10(8)9;;;/h2,4-5,7H,1,3,6H2;;;/q-2;;;+2. The predicted molar refractivity (Wildman–Crippen MR) is 42.6 cm³/mol. The SMILES string of the molecule is [CH2-]c1cccc2c1[CH-]CC2.[W+2].[W].[W]. The summed E-state index contributed by atoms with van der Waals surface area (Å²) < 4.78 is 0. The summed E-state index contributed by atoms with van der Waals surface area (Å²) in [5.41, 5.74) is 4.02. The third-order valence-electron chi connectivity index (χ3n) is 2.05. The van der Waals surface area contributed by atoms with Crippen LogP contribution in [-0.4, -0.2) is 0 Å². The zero-order valence-electron chi connectivity index (χ0n) is 7.16. The summed E-state index contributed by atoms with van der Waals surface area (Å²) in [5.74, 6) is 0. The van der Waals surface area contributed by atoms with Gasteiger partial charge in [-0.2, -0.15) is 0 Å². The van der Waals surface area contributed by atoms with Gasteiger partial charge in [0.2, 0.25) is 0 Å². The minimum atomic E-state index is 0. The fourth-order valence-corrected chi connectivity index (χ4v) is 1.52. The molecule has 0 spiro atoms. The Morgan fingerprint density at radius 1 is 1.23 bits per heavy atom. The van der Waals surface area contributed by atoms with Gasteiger partial charge in [-0.1, -0.05) is 12.8 Å². The summed E-state index contributed by atoms with van der Waals surface area (Å²) in [6.45, 7) is 3.96. The number of rotatable bonds is 0. The second kappa shape index (κ2) is 7.33. The van der Waals surface area contributed by atoms with Crippen molar-refractivity contribution in [3.63, 3.8) is 0 Å². The Morgan fingerprint density at radius 3 is 2.54 bits per heavy atom. The van der Waals surface area contributed by atoms with Crippen molar-refractivity contribution in [2.45, 2.75) is 12.8 Å². The minimum Gasteiger partial charge on any atom is -0.299 e. The van der Waals surface area contributed by atoms with Crippen LogP contribution < -0.4 is 0 Å². The Bertz CT molecular complexity index is 258. The Morgan fingerprint density at radius 2 is 1.92 bits per heavy atom. The topological polar surface area (TPSA) is 0 Å². The summed E-state index contributed by atoms with van der Waals surface area (Å²) in [4.78, 5) is 0. The number of benzene rings is 1. The molecule has 0 heterocycles. The van der Waals surface area contributed by atoms with Crippen LogP contribution in [0.25, 0.3) is 0 Å². The zero-order chi connectivity index (χ0) is 6.97. The van der Waals surface area contributed by atoms with E-state index >= 15 is 0 Å². The van der Waals surface area contributed by atoms with Gasteiger partial charge < -0.3 is 0 Å². The van der Waals surface area contributed by atoms with Crippen molar-refractivity contribution < 1.29 is 63.2 Å². The summed E-state index contributed by atoms with van der Waals surface area (Å²) in [6, 6.07) is 6.34. The van der Waals surface area contributed by atoms with Gasteiger partial charge in [0.05, 0.1) is 0 Å². The van der Waals surface area contributed by atoms with Gasteiger partial charge in [-0.25, -0.2) is 18.1 Å². The third-order valence-corrected chi connectivity index (χ3v) is 2.05. The molecule has 1 aromatic rings. The molecule has 0 radical (unpaired) electrons. The van der Waals surface area contributed by atoms with E-state index in [2.05, 4.69) is 31.5 Å². The summed E-state index contributed by atoms with van der Waals surface area (Å²) >= 11 is 0. The first kappa shape index (κ1) is 16.5. The molecule has 0 aromatic heterocycles. The van der Waals surface area contributed by atoms with Crippen molar-refractivity contribution in [2.24, 2.45) is 0 Å². The number of fused-ring (bicyclic) bond motifs is 1. The monoisotopic (exact) mass is 682 g/mol. The molecular weight excluding hydrogens is 672 g/mol. The molecular formula is C10H10W3. The summed E-state index contributed by atoms with van der Waals surface area (Å²) in [7, 11) is 0. The van der Waals surface area contributed by atoms with Gasteiger partial charge in [-0.15, -0.1) is 12.1 Å². The van der Waals surface area contributed by atoms with Crippen LogP contribution in [0.3, 0.4) is 0 Å². The molecule has 0 saturated heterocycles. The van der Waals surface area contributed by atoms with E-state index in [0.29, 0.717) is 0 Å². The maximum atomic E-state index is 3.96. The van der Waals surface area contributed by atoms with Crippen LogP contribution in [0.4, 0.5) is 0 Å². The van der Waals surface area contributed by atoms with Gasteiger partial charge in [-0.3, -0.25) is 18.1 Å². The van der Waals surface area contributed by atoms with Gasteiger partial charge >= 0.3 is 21.1 Å². The van der Waals surface area contributed by atoms with Crippen molar-refractivity contribution >= 4 is 0 Å². The van der Waals surface area contributed by atoms with Crippen molar-refractivity contribution in [1.29, 1.82) is 0 Å². The molecule has 0 amide bonds. The first-order valence-corrected chi connectivity index (χ1v) is 3.65. The Balaban J connectivity index is 0. The number of hydrogen-bond donors (Lipinski definition) is 0. The van der Waals surface area contributed by atoms with Gasteiger partial charge in [0.1, 0.15) is 0 Å². The average molecular weight is 682 g/mol. The Hall–Kier alpha value is 1.02. The van der Waals surface area contributed by atoms with Crippen molar-refractivity contribution in [1.82, 2.24) is 0 Å². The molecule has 1 aromatic carbocycles. The van der Waals surface area contributed by atoms with E-state index in [-0.39, 0.29) is 63.2 Å². The van der Waals surface area contributed by atoms with Crippen molar-refractivity contribution in [2.75, 3.05) is 0 Å². The van der Waals surface area contributed by atoms with E-state index in [1.165, 1.54) is 29.5 Å². The molecule has 1 aliphatic rings. The molecule has 0 atom stereocenters. The molecule has 2 rings (SSSR count). The van der Waals surface area contributed by atoms with Crippen molar-refractivity contribution in [3.8, 4) is 0 Å². The van der Waals surface area contributed by atoms with E-state index in [0.717, 1.165) is 0 Å². The van der Waals surface area contributed by atoms with Gasteiger partial charge in [0.25, 0.3) is 0 Å². The largest absolute Gasteiger partial charge is 2.00 e. The minimum absolute atomic E-state index is 0. The molecule has 68 valence electrons. The van der Waals surface area contributed by atoms with E-state index in [4.69, 9.17) is 0 Å². The van der Waals surface area contributed by atoms with Gasteiger partial charge in [0, 0.05) is 42.1 Å². The molecule has 3 heteroatoms. The summed E-state index contributed by atoms with van der Waals surface area (Å²) in [5, 5.41) is 0. The van der Waals surface area contributed by atoms with E-state index in [9.17, 15) is 0 Å².